The predicted octanol–water partition coefficient (Wildman–Crippen LogP) is -1.29. The van der Waals surface area contributed by atoms with E-state index in [1.807, 2.05) is 0 Å². The quantitative estimate of drug-likeness (QED) is 0.463. The summed E-state index contributed by atoms with van der Waals surface area (Å²) in [4.78, 5) is 2.14. The van der Waals surface area contributed by atoms with Crippen molar-refractivity contribution >= 4 is 11.8 Å². The molecule has 1 heterocycles. The molecular weight excluding hydrogens is 297 g/mol. The maximum atomic E-state index is 5.55. The second-order valence-electron chi connectivity index (χ2n) is 2.93. The molecule has 13 heavy (non-hydrogen) atoms. The number of nitrogens with zero attached hydrogens (tertiary/aromatic N) is 1. The maximum absolute atomic E-state index is 5.55. The van der Waals surface area contributed by atoms with E-state index in [9.17, 15) is 0 Å². The van der Waals surface area contributed by atoms with Crippen LogP contribution in [0.1, 0.15) is 0 Å². The molecule has 0 amide bonds. The van der Waals surface area contributed by atoms with Gasteiger partial charge in [-0.3, -0.25) is 0 Å². The minimum atomic E-state index is 0.136. The molecule has 0 atom stereocenters. The normalized spacial score (nSPS) is 17.0. The Morgan fingerprint density at radius 3 is 3.00 bits per heavy atom. The Morgan fingerprint density at radius 2 is 2.38 bits per heavy atom. The Hall–Kier alpha value is 0.480. The van der Waals surface area contributed by atoms with Crippen LogP contribution in [0.4, 0.5) is 0 Å². The first kappa shape index (κ1) is 11.6. The van der Waals surface area contributed by atoms with E-state index in [2.05, 4.69) is 33.9 Å². The van der Waals surface area contributed by atoms with E-state index >= 15 is 0 Å². The average Bonchev–Trinajstić information content (AvgIpc) is 2.14. The molecule has 0 aromatic rings. The van der Waals surface area contributed by atoms with Crippen molar-refractivity contribution in [2.45, 2.75) is 0 Å². The van der Waals surface area contributed by atoms with E-state index in [0.29, 0.717) is 0 Å². The molecule has 2 nitrogen and oxygen atoms in total. The molecule has 0 aromatic heterocycles. The summed E-state index contributed by atoms with van der Waals surface area (Å²) in [5.41, 5.74) is 0. The molecule has 4 heteroatoms. The van der Waals surface area contributed by atoms with E-state index in [4.69, 9.17) is 4.74 Å². The van der Waals surface area contributed by atoms with Crippen molar-refractivity contribution < 1.29 is 25.9 Å². The van der Waals surface area contributed by atoms with Crippen LogP contribution in [0, 0.1) is 0 Å². The zero-order valence-corrected chi connectivity index (χ0v) is 11.0. The fourth-order valence-corrected chi connectivity index (χ4v) is 3.91. The van der Waals surface area contributed by atoms with Crippen LogP contribution in [-0.4, -0.2) is 38.8 Å². The van der Waals surface area contributed by atoms with Crippen LogP contribution < -0.4 is 21.2 Å². The summed E-state index contributed by atoms with van der Waals surface area (Å²) in [5.74, 6) is 0. The second kappa shape index (κ2) is 6.86. The fourth-order valence-electron chi connectivity index (χ4n) is 0.757. The van der Waals surface area contributed by atoms with Crippen molar-refractivity contribution in [2.24, 2.45) is 0 Å². The third-order valence-electron chi connectivity index (χ3n) is 1.45. The number of hydrogen-bond acceptors (Lipinski definition) is 3. The zero-order chi connectivity index (χ0) is 9.52. The van der Waals surface area contributed by atoms with Crippen molar-refractivity contribution in [1.82, 2.24) is 4.90 Å². The van der Waals surface area contributed by atoms with Gasteiger partial charge in [-0.2, -0.15) is 0 Å². The first-order valence-electron chi connectivity index (χ1n) is 4.14. The van der Waals surface area contributed by atoms with Gasteiger partial charge in [-0.15, -0.1) is 0 Å². The Balaban J connectivity index is 2.02. The number of thioether (sulfide) groups is 1. The SMILES string of the molecule is CN(C)CCOCC1=CSC=C[I-]1. The molecule has 0 aromatic carbocycles. The van der Waals surface area contributed by atoms with Gasteiger partial charge in [0.2, 0.25) is 0 Å². The second-order valence-corrected chi connectivity index (χ2v) is 6.44. The molecular formula is C9H15INOS-. The Kier molecular flexibility index (Phi) is 6.10. The third kappa shape index (κ3) is 5.72. The molecule has 0 N–H and O–H groups in total. The summed E-state index contributed by atoms with van der Waals surface area (Å²) in [6.45, 7) is 2.68. The Labute approximate surface area is 94.7 Å². The molecule has 0 aliphatic carbocycles. The predicted molar refractivity (Wildman–Crippen MR) is 54.2 cm³/mol. The molecule has 1 aliphatic heterocycles. The van der Waals surface area contributed by atoms with Gasteiger partial charge in [-0.1, -0.05) is 0 Å². The van der Waals surface area contributed by atoms with Gasteiger partial charge in [0, 0.05) is 0 Å². The summed E-state index contributed by atoms with van der Waals surface area (Å²) >= 11 is 1.90. The monoisotopic (exact) mass is 312 g/mol. The van der Waals surface area contributed by atoms with Gasteiger partial charge in [0.1, 0.15) is 0 Å². The number of hydrogen-bond donors (Lipinski definition) is 0. The van der Waals surface area contributed by atoms with Gasteiger partial charge in [0.05, 0.1) is 0 Å². The summed E-state index contributed by atoms with van der Waals surface area (Å²) < 4.78 is 9.33. The standard InChI is InChI=1S/C9H15INOS/c1-11(2)4-5-12-7-9-8-13-6-3-10-9/h3,6,8H,4-5,7H2,1-2H3/q-1. The van der Waals surface area contributed by atoms with Gasteiger partial charge in [-0.25, -0.2) is 0 Å². The van der Waals surface area contributed by atoms with Gasteiger partial charge in [0.25, 0.3) is 0 Å². The molecule has 0 saturated carbocycles. The van der Waals surface area contributed by atoms with E-state index in [0.717, 1.165) is 19.8 Å². The first-order valence-corrected chi connectivity index (χ1v) is 7.41. The molecule has 0 fully saturated rings. The van der Waals surface area contributed by atoms with Crippen LogP contribution in [0.3, 0.4) is 0 Å². The number of ether oxygens (including phenoxy) is 1. The molecule has 0 radical (unpaired) electrons. The summed E-state index contributed by atoms with van der Waals surface area (Å²) in [6.07, 6.45) is 0. The van der Waals surface area contributed by atoms with Crippen molar-refractivity contribution in [3.05, 3.63) is 18.5 Å². The molecule has 0 bridgehead atoms. The minimum absolute atomic E-state index is 0.136. The Bertz CT molecular complexity index is 204. The van der Waals surface area contributed by atoms with Crippen LogP contribution >= 0.6 is 11.8 Å². The van der Waals surface area contributed by atoms with Gasteiger partial charge < -0.3 is 0 Å². The van der Waals surface area contributed by atoms with Crippen LogP contribution in [0.2, 0.25) is 0 Å². The van der Waals surface area contributed by atoms with E-state index in [1.54, 1.807) is 11.8 Å². The summed E-state index contributed by atoms with van der Waals surface area (Å²) in [5, 5.41) is 4.39. The molecule has 1 rings (SSSR count). The van der Waals surface area contributed by atoms with E-state index < -0.39 is 0 Å². The van der Waals surface area contributed by atoms with Gasteiger partial charge >= 0.3 is 94.9 Å². The van der Waals surface area contributed by atoms with Crippen molar-refractivity contribution in [1.29, 1.82) is 0 Å². The number of halogens is 1. The van der Waals surface area contributed by atoms with Crippen molar-refractivity contribution in [3.63, 3.8) is 0 Å². The number of rotatable bonds is 5. The summed E-state index contributed by atoms with van der Waals surface area (Å²) in [6, 6.07) is 0. The molecule has 1 aliphatic rings. The third-order valence-corrected chi connectivity index (χ3v) is 5.22. The van der Waals surface area contributed by atoms with Crippen molar-refractivity contribution in [3.8, 4) is 0 Å². The van der Waals surface area contributed by atoms with E-state index in [1.165, 1.54) is 3.58 Å². The van der Waals surface area contributed by atoms with Crippen LogP contribution in [0.5, 0.6) is 0 Å². The molecule has 0 unspecified atom stereocenters. The average molecular weight is 312 g/mol. The van der Waals surface area contributed by atoms with Gasteiger partial charge in [-0.05, 0) is 0 Å². The van der Waals surface area contributed by atoms with Gasteiger partial charge in [0.15, 0.2) is 0 Å². The summed E-state index contributed by atoms with van der Waals surface area (Å²) in [7, 11) is 4.13. The first-order chi connectivity index (χ1) is 6.29. The molecule has 0 spiro atoms. The fraction of sp³-hybridized carbons (Fsp3) is 0.556. The van der Waals surface area contributed by atoms with Crippen molar-refractivity contribution in [2.75, 3.05) is 33.9 Å². The van der Waals surface area contributed by atoms with E-state index in [-0.39, 0.29) is 21.2 Å². The van der Waals surface area contributed by atoms with Crippen LogP contribution in [0.15, 0.2) is 18.5 Å². The zero-order valence-electron chi connectivity index (χ0n) is 8.00. The Morgan fingerprint density at radius 1 is 1.54 bits per heavy atom. The molecule has 0 saturated heterocycles. The van der Waals surface area contributed by atoms with Crippen LogP contribution in [-0.2, 0) is 4.74 Å². The topological polar surface area (TPSA) is 12.5 Å². The molecule has 76 valence electrons. The van der Waals surface area contributed by atoms with Crippen LogP contribution in [0.25, 0.3) is 0 Å². The number of likely N-dealkylation sites (N-methyl/N-ethyl adjacent to an activating group) is 1.